The number of carbonyl (C=O) groups is 3. The zero-order chi connectivity index (χ0) is 51.4. The van der Waals surface area contributed by atoms with Gasteiger partial charge in [0.25, 0.3) is 0 Å². The molecule has 0 aliphatic rings. The standard InChI is InChI=1S/C65H116O6/c1-4-7-10-13-16-19-22-25-28-31-32-35-37-40-43-46-49-52-55-58-64(67)70-61-62(71-65(68)59-56-53-50-47-44-41-38-34-30-27-24-21-18-15-12-9-6-3)60-69-63(66)57-54-51-48-45-42-39-36-33-29-26-23-20-17-14-11-8-5-2/h16,18-19,21,25-30,62H,4-15,17,20,22-24,31-61H2,1-3H3/b19-16-,21-18-,28-25-,29-26-,30-27-/t62-/m0/s1. The Labute approximate surface area is 440 Å². The summed E-state index contributed by atoms with van der Waals surface area (Å²) in [6.07, 6.45) is 74.9. The largest absolute Gasteiger partial charge is 0.462 e. The van der Waals surface area contributed by atoms with Gasteiger partial charge in [-0.2, -0.15) is 0 Å². The zero-order valence-electron chi connectivity index (χ0n) is 47.2. The van der Waals surface area contributed by atoms with Gasteiger partial charge in [-0.15, -0.1) is 0 Å². The lowest BCUT2D eigenvalue weighted by Crippen LogP contribution is -2.30. The molecule has 71 heavy (non-hydrogen) atoms. The highest BCUT2D eigenvalue weighted by Crippen LogP contribution is 2.16. The molecule has 6 heteroatoms. The molecule has 0 aliphatic carbocycles. The summed E-state index contributed by atoms with van der Waals surface area (Å²) in [5.74, 6) is -0.881. The average Bonchev–Trinajstić information content (AvgIpc) is 3.37. The van der Waals surface area contributed by atoms with Crippen LogP contribution in [0.15, 0.2) is 60.8 Å². The molecule has 0 bridgehead atoms. The molecule has 0 saturated heterocycles. The van der Waals surface area contributed by atoms with E-state index in [0.717, 1.165) is 77.0 Å². The monoisotopic (exact) mass is 993 g/mol. The Balaban J connectivity index is 4.38. The molecule has 0 heterocycles. The third-order valence-electron chi connectivity index (χ3n) is 13.5. The maximum atomic E-state index is 12.9. The van der Waals surface area contributed by atoms with Gasteiger partial charge in [-0.25, -0.2) is 0 Å². The molecule has 1 atom stereocenters. The minimum Gasteiger partial charge on any atom is -0.462 e. The van der Waals surface area contributed by atoms with E-state index in [9.17, 15) is 14.4 Å². The van der Waals surface area contributed by atoms with Crippen LogP contribution in [0.2, 0.25) is 0 Å². The molecule has 0 fully saturated rings. The summed E-state index contributed by atoms with van der Waals surface area (Å²) in [4.78, 5) is 38.3. The van der Waals surface area contributed by atoms with Gasteiger partial charge in [-0.1, -0.05) is 248 Å². The number of hydrogen-bond acceptors (Lipinski definition) is 6. The van der Waals surface area contributed by atoms with Crippen molar-refractivity contribution >= 4 is 17.9 Å². The fraction of sp³-hybridized carbons (Fsp3) is 0.800. The van der Waals surface area contributed by atoms with Crippen LogP contribution in [-0.2, 0) is 28.6 Å². The van der Waals surface area contributed by atoms with Crippen molar-refractivity contribution in [2.75, 3.05) is 13.2 Å². The van der Waals surface area contributed by atoms with Crippen molar-refractivity contribution in [2.45, 2.75) is 322 Å². The predicted molar refractivity (Wildman–Crippen MR) is 307 cm³/mol. The summed E-state index contributed by atoms with van der Waals surface area (Å²) in [6, 6.07) is 0. The molecule has 0 spiro atoms. The molecule has 0 radical (unpaired) electrons. The maximum Gasteiger partial charge on any atom is 0.306 e. The van der Waals surface area contributed by atoms with E-state index >= 15 is 0 Å². The first-order valence-corrected chi connectivity index (χ1v) is 30.8. The summed E-state index contributed by atoms with van der Waals surface area (Å²) in [6.45, 7) is 6.61. The molecule has 0 aromatic rings. The summed E-state index contributed by atoms with van der Waals surface area (Å²) in [5, 5.41) is 0. The number of rotatable bonds is 56. The Morgan fingerprint density at radius 2 is 0.507 bits per heavy atom. The van der Waals surface area contributed by atoms with Crippen LogP contribution in [0.4, 0.5) is 0 Å². The number of carbonyl (C=O) groups excluding carboxylic acids is 3. The Morgan fingerprint density at radius 3 is 0.817 bits per heavy atom. The lowest BCUT2D eigenvalue weighted by molar-refractivity contribution is -0.167. The number of unbranched alkanes of at least 4 members (excludes halogenated alkanes) is 35. The lowest BCUT2D eigenvalue weighted by atomic mass is 10.1. The van der Waals surface area contributed by atoms with Crippen molar-refractivity contribution < 1.29 is 28.6 Å². The van der Waals surface area contributed by atoms with E-state index in [1.54, 1.807) is 0 Å². The van der Waals surface area contributed by atoms with Crippen LogP contribution >= 0.6 is 0 Å². The second kappa shape index (κ2) is 59.7. The Bertz CT molecular complexity index is 1280. The Kier molecular flexibility index (Phi) is 57.2. The topological polar surface area (TPSA) is 78.9 Å². The second-order valence-corrected chi connectivity index (χ2v) is 20.6. The van der Waals surface area contributed by atoms with Crippen LogP contribution in [0.3, 0.4) is 0 Å². The van der Waals surface area contributed by atoms with Crippen molar-refractivity contribution in [3.8, 4) is 0 Å². The van der Waals surface area contributed by atoms with Gasteiger partial charge in [0.1, 0.15) is 13.2 Å². The van der Waals surface area contributed by atoms with Gasteiger partial charge < -0.3 is 14.2 Å². The normalized spacial score (nSPS) is 12.4. The fourth-order valence-electron chi connectivity index (χ4n) is 8.79. The van der Waals surface area contributed by atoms with Crippen molar-refractivity contribution in [1.29, 1.82) is 0 Å². The molecular formula is C65H116O6. The molecular weight excluding hydrogens is 877 g/mol. The van der Waals surface area contributed by atoms with Crippen molar-refractivity contribution in [1.82, 2.24) is 0 Å². The lowest BCUT2D eigenvalue weighted by Gasteiger charge is -2.18. The molecule has 0 aliphatic heterocycles. The van der Waals surface area contributed by atoms with Crippen molar-refractivity contribution in [2.24, 2.45) is 0 Å². The third-order valence-corrected chi connectivity index (χ3v) is 13.5. The van der Waals surface area contributed by atoms with Crippen LogP contribution in [0.5, 0.6) is 0 Å². The van der Waals surface area contributed by atoms with E-state index in [0.29, 0.717) is 19.3 Å². The number of esters is 3. The summed E-state index contributed by atoms with van der Waals surface area (Å²) in [7, 11) is 0. The number of hydrogen-bond donors (Lipinski definition) is 0. The molecule has 0 N–H and O–H groups in total. The first-order chi connectivity index (χ1) is 35.0. The highest BCUT2D eigenvalue weighted by molar-refractivity contribution is 5.71. The van der Waals surface area contributed by atoms with Crippen LogP contribution in [-0.4, -0.2) is 37.2 Å². The molecule has 0 rings (SSSR count). The molecule has 0 aromatic heterocycles. The van der Waals surface area contributed by atoms with Gasteiger partial charge in [0.15, 0.2) is 6.10 Å². The smallest absolute Gasteiger partial charge is 0.306 e. The third kappa shape index (κ3) is 57.9. The Hall–Kier alpha value is -2.89. The van der Waals surface area contributed by atoms with E-state index in [4.69, 9.17) is 14.2 Å². The molecule has 0 saturated carbocycles. The molecule has 0 aromatic carbocycles. The van der Waals surface area contributed by atoms with Gasteiger partial charge >= 0.3 is 17.9 Å². The van der Waals surface area contributed by atoms with Gasteiger partial charge in [0.2, 0.25) is 0 Å². The molecule has 0 unspecified atom stereocenters. The summed E-state index contributed by atoms with van der Waals surface area (Å²) >= 11 is 0. The van der Waals surface area contributed by atoms with Crippen LogP contribution in [0.25, 0.3) is 0 Å². The van der Waals surface area contributed by atoms with Crippen molar-refractivity contribution in [3.05, 3.63) is 60.8 Å². The van der Waals surface area contributed by atoms with E-state index < -0.39 is 6.10 Å². The SMILES string of the molecule is CCCCC/C=C\C/C=C\CCCCCCCCCCCC(=O)OC[C@H](COC(=O)CCCCCCCCC/C=C\CCCCCCCC)OC(=O)CCCCCCCCC/C=C\C/C=C\CCCCC. The first kappa shape index (κ1) is 68.1. The summed E-state index contributed by atoms with van der Waals surface area (Å²) in [5.41, 5.74) is 0. The number of allylic oxidation sites excluding steroid dienone is 10. The highest BCUT2D eigenvalue weighted by Gasteiger charge is 2.19. The van der Waals surface area contributed by atoms with E-state index in [1.165, 1.54) is 199 Å². The number of ether oxygens (including phenoxy) is 3. The van der Waals surface area contributed by atoms with Gasteiger partial charge in [0, 0.05) is 19.3 Å². The van der Waals surface area contributed by atoms with Gasteiger partial charge in [0.05, 0.1) is 0 Å². The van der Waals surface area contributed by atoms with E-state index in [-0.39, 0.29) is 31.1 Å². The average molecular weight is 994 g/mol. The van der Waals surface area contributed by atoms with E-state index in [2.05, 4.69) is 81.5 Å². The summed E-state index contributed by atoms with van der Waals surface area (Å²) < 4.78 is 16.9. The molecule has 412 valence electrons. The quantitative estimate of drug-likeness (QED) is 0.0261. The van der Waals surface area contributed by atoms with Crippen LogP contribution < -0.4 is 0 Å². The van der Waals surface area contributed by atoms with Gasteiger partial charge in [-0.05, 0) is 109 Å². The second-order valence-electron chi connectivity index (χ2n) is 20.6. The Morgan fingerprint density at radius 1 is 0.282 bits per heavy atom. The van der Waals surface area contributed by atoms with Crippen LogP contribution in [0.1, 0.15) is 316 Å². The first-order valence-electron chi connectivity index (χ1n) is 30.8. The zero-order valence-corrected chi connectivity index (χ0v) is 47.2. The molecule has 6 nitrogen and oxygen atoms in total. The van der Waals surface area contributed by atoms with Crippen LogP contribution in [0, 0.1) is 0 Å². The van der Waals surface area contributed by atoms with Crippen molar-refractivity contribution in [3.63, 3.8) is 0 Å². The highest BCUT2D eigenvalue weighted by atomic mass is 16.6. The van der Waals surface area contributed by atoms with Gasteiger partial charge in [-0.3, -0.25) is 14.4 Å². The minimum absolute atomic E-state index is 0.0796. The molecule has 0 amide bonds. The predicted octanol–water partition coefficient (Wildman–Crippen LogP) is 20.8. The minimum atomic E-state index is -0.782. The fourth-order valence-corrected chi connectivity index (χ4v) is 8.79. The maximum absolute atomic E-state index is 12.9. The van der Waals surface area contributed by atoms with E-state index in [1.807, 2.05) is 0 Å².